The lowest BCUT2D eigenvalue weighted by Gasteiger charge is -2.29. The van der Waals surface area contributed by atoms with E-state index in [0.717, 1.165) is 16.7 Å². The smallest absolute Gasteiger partial charge is 0.247 e. The average molecular weight is 405 g/mol. The van der Waals surface area contributed by atoms with Gasteiger partial charge in [0.05, 0.1) is 13.1 Å². The molecule has 31 heavy (non-hydrogen) atoms. The molecule has 1 fully saturated rings. The SMILES string of the molecule is O=C1/C(=C\c2ccccc2)CN(C(=O)/C=C\c2ccccc2)C/C1=C/c1ccccc1. The number of hydrogen-bond donors (Lipinski definition) is 0. The zero-order valence-corrected chi connectivity index (χ0v) is 17.1. The Morgan fingerprint density at radius 1 is 0.645 bits per heavy atom. The highest BCUT2D eigenvalue weighted by atomic mass is 16.2. The maximum atomic E-state index is 13.2. The van der Waals surface area contributed by atoms with Crippen LogP contribution in [0.4, 0.5) is 0 Å². The van der Waals surface area contributed by atoms with E-state index in [1.165, 1.54) is 0 Å². The van der Waals surface area contributed by atoms with Crippen LogP contribution in [0.3, 0.4) is 0 Å². The van der Waals surface area contributed by atoms with Crippen LogP contribution in [-0.4, -0.2) is 29.7 Å². The van der Waals surface area contributed by atoms with E-state index in [0.29, 0.717) is 11.1 Å². The molecule has 1 amide bonds. The third-order valence-corrected chi connectivity index (χ3v) is 5.12. The Balaban J connectivity index is 1.64. The van der Waals surface area contributed by atoms with Crippen LogP contribution in [0.5, 0.6) is 0 Å². The van der Waals surface area contributed by atoms with E-state index in [1.54, 1.807) is 17.1 Å². The second kappa shape index (κ2) is 9.68. The van der Waals surface area contributed by atoms with Crippen LogP contribution in [-0.2, 0) is 9.59 Å². The van der Waals surface area contributed by atoms with Gasteiger partial charge in [0.1, 0.15) is 0 Å². The molecule has 0 atom stereocenters. The van der Waals surface area contributed by atoms with Crippen molar-refractivity contribution in [1.29, 1.82) is 0 Å². The van der Waals surface area contributed by atoms with Crippen molar-refractivity contribution in [3.8, 4) is 0 Å². The van der Waals surface area contributed by atoms with Crippen LogP contribution in [0.1, 0.15) is 16.7 Å². The number of ketones is 1. The molecule has 1 saturated heterocycles. The Kier molecular flexibility index (Phi) is 6.34. The molecule has 0 bridgehead atoms. The lowest BCUT2D eigenvalue weighted by Crippen LogP contribution is -2.40. The fourth-order valence-corrected chi connectivity index (χ4v) is 3.53. The van der Waals surface area contributed by atoms with Crippen molar-refractivity contribution in [2.24, 2.45) is 0 Å². The molecule has 3 nitrogen and oxygen atoms in total. The van der Waals surface area contributed by atoms with Crippen molar-refractivity contribution < 1.29 is 9.59 Å². The van der Waals surface area contributed by atoms with Gasteiger partial charge in [-0.1, -0.05) is 91.0 Å². The number of Topliss-reactive ketones (excluding diaryl/α,β-unsaturated/α-hetero) is 1. The minimum absolute atomic E-state index is 0.0104. The first kappa shape index (κ1) is 20.3. The van der Waals surface area contributed by atoms with Crippen molar-refractivity contribution in [2.75, 3.05) is 13.1 Å². The molecule has 152 valence electrons. The molecule has 1 aliphatic heterocycles. The Hall–Kier alpha value is -3.98. The predicted molar refractivity (Wildman–Crippen MR) is 126 cm³/mol. The number of hydrogen-bond acceptors (Lipinski definition) is 2. The number of nitrogens with zero attached hydrogens (tertiary/aromatic N) is 1. The summed E-state index contributed by atoms with van der Waals surface area (Å²) >= 11 is 0. The zero-order chi connectivity index (χ0) is 21.5. The van der Waals surface area contributed by atoms with Crippen molar-refractivity contribution in [3.63, 3.8) is 0 Å². The first-order valence-corrected chi connectivity index (χ1v) is 10.3. The molecule has 0 N–H and O–H groups in total. The van der Waals surface area contributed by atoms with Gasteiger partial charge in [-0.25, -0.2) is 0 Å². The molecule has 3 aromatic rings. The Morgan fingerprint density at radius 3 is 1.52 bits per heavy atom. The van der Waals surface area contributed by atoms with Gasteiger partial charge in [-0.05, 0) is 34.9 Å². The van der Waals surface area contributed by atoms with Crippen LogP contribution in [0.25, 0.3) is 18.2 Å². The second-order valence-electron chi connectivity index (χ2n) is 7.43. The number of piperidine rings is 1. The summed E-state index contributed by atoms with van der Waals surface area (Å²) < 4.78 is 0. The summed E-state index contributed by atoms with van der Waals surface area (Å²) in [6, 6.07) is 29.2. The van der Waals surface area contributed by atoms with E-state index >= 15 is 0 Å². The molecule has 1 heterocycles. The van der Waals surface area contributed by atoms with Gasteiger partial charge in [-0.2, -0.15) is 0 Å². The van der Waals surface area contributed by atoms with E-state index in [9.17, 15) is 9.59 Å². The van der Waals surface area contributed by atoms with Gasteiger partial charge in [0.2, 0.25) is 5.91 Å². The topological polar surface area (TPSA) is 37.4 Å². The van der Waals surface area contributed by atoms with Crippen molar-refractivity contribution in [2.45, 2.75) is 0 Å². The van der Waals surface area contributed by atoms with E-state index in [1.807, 2.05) is 103 Å². The molecule has 4 rings (SSSR count). The highest BCUT2D eigenvalue weighted by molar-refractivity contribution is 6.15. The van der Waals surface area contributed by atoms with Gasteiger partial charge < -0.3 is 4.90 Å². The molecular formula is C28H23NO2. The van der Waals surface area contributed by atoms with E-state index in [2.05, 4.69) is 0 Å². The molecule has 0 spiro atoms. The van der Waals surface area contributed by atoms with Crippen molar-refractivity contribution in [3.05, 3.63) is 125 Å². The maximum absolute atomic E-state index is 13.2. The Labute approximate surface area is 182 Å². The standard InChI is InChI=1S/C28H23NO2/c30-27(17-16-22-10-4-1-5-11-22)29-20-25(18-23-12-6-2-7-13-23)28(31)26(21-29)19-24-14-8-3-9-15-24/h1-19H,20-21H2/b17-16-,25-18-,26-19-. The lowest BCUT2D eigenvalue weighted by molar-refractivity contribution is -0.126. The van der Waals surface area contributed by atoms with Crippen LogP contribution in [0.2, 0.25) is 0 Å². The quantitative estimate of drug-likeness (QED) is 0.554. The van der Waals surface area contributed by atoms with Crippen LogP contribution >= 0.6 is 0 Å². The van der Waals surface area contributed by atoms with Crippen molar-refractivity contribution >= 4 is 29.9 Å². The molecule has 0 aliphatic carbocycles. The highest BCUT2D eigenvalue weighted by Gasteiger charge is 2.28. The normalized spacial score (nSPS) is 16.9. The van der Waals surface area contributed by atoms with Gasteiger partial charge in [-0.3, -0.25) is 9.59 Å². The van der Waals surface area contributed by atoms with Crippen LogP contribution in [0, 0.1) is 0 Å². The number of carbonyl (C=O) groups excluding carboxylic acids is 2. The third-order valence-electron chi connectivity index (χ3n) is 5.12. The molecule has 0 radical (unpaired) electrons. The summed E-state index contributed by atoms with van der Waals surface area (Å²) in [6.07, 6.45) is 7.13. The largest absolute Gasteiger partial charge is 0.330 e. The minimum atomic E-state index is -0.116. The molecule has 3 aromatic carbocycles. The second-order valence-corrected chi connectivity index (χ2v) is 7.43. The Bertz CT molecular complexity index is 1080. The lowest BCUT2D eigenvalue weighted by atomic mass is 9.94. The molecule has 0 saturated carbocycles. The van der Waals surface area contributed by atoms with Crippen LogP contribution < -0.4 is 0 Å². The first-order chi connectivity index (χ1) is 15.2. The molecule has 0 unspecified atom stereocenters. The van der Waals surface area contributed by atoms with Gasteiger partial charge in [0.15, 0.2) is 5.78 Å². The predicted octanol–water partition coefficient (Wildman–Crippen LogP) is 5.28. The summed E-state index contributed by atoms with van der Waals surface area (Å²) in [5.41, 5.74) is 4.07. The minimum Gasteiger partial charge on any atom is -0.330 e. The fourth-order valence-electron chi connectivity index (χ4n) is 3.53. The summed E-state index contributed by atoms with van der Waals surface area (Å²) in [5.74, 6) is -0.127. The summed E-state index contributed by atoms with van der Waals surface area (Å²) in [5, 5.41) is 0. The van der Waals surface area contributed by atoms with Crippen molar-refractivity contribution in [1.82, 2.24) is 4.90 Å². The monoisotopic (exact) mass is 405 g/mol. The molecule has 3 heteroatoms. The van der Waals surface area contributed by atoms with Gasteiger partial charge in [0, 0.05) is 17.2 Å². The number of likely N-dealkylation sites (tertiary alicyclic amines) is 1. The number of amides is 1. The maximum Gasteiger partial charge on any atom is 0.247 e. The third kappa shape index (κ3) is 5.34. The zero-order valence-electron chi connectivity index (χ0n) is 17.1. The van der Waals surface area contributed by atoms with Gasteiger partial charge in [-0.15, -0.1) is 0 Å². The van der Waals surface area contributed by atoms with E-state index < -0.39 is 0 Å². The van der Waals surface area contributed by atoms with Crippen LogP contribution in [0.15, 0.2) is 108 Å². The number of carbonyl (C=O) groups is 2. The molecule has 1 aliphatic rings. The van der Waals surface area contributed by atoms with Gasteiger partial charge >= 0.3 is 0 Å². The molecule has 0 aromatic heterocycles. The van der Waals surface area contributed by atoms with Gasteiger partial charge in [0.25, 0.3) is 0 Å². The molecular weight excluding hydrogens is 382 g/mol. The summed E-state index contributed by atoms with van der Waals surface area (Å²) in [4.78, 5) is 27.8. The van der Waals surface area contributed by atoms with E-state index in [4.69, 9.17) is 0 Å². The average Bonchev–Trinajstić information content (AvgIpc) is 2.82. The summed E-state index contributed by atoms with van der Waals surface area (Å²) in [6.45, 7) is 0.579. The highest BCUT2D eigenvalue weighted by Crippen LogP contribution is 2.22. The number of rotatable bonds is 4. The van der Waals surface area contributed by atoms with E-state index in [-0.39, 0.29) is 24.8 Å². The number of benzene rings is 3. The summed E-state index contributed by atoms with van der Waals surface area (Å²) in [7, 11) is 0. The Morgan fingerprint density at radius 2 is 1.06 bits per heavy atom. The fraction of sp³-hybridized carbons (Fsp3) is 0.0714. The first-order valence-electron chi connectivity index (χ1n) is 10.3.